The molecule has 0 spiro atoms. The summed E-state index contributed by atoms with van der Waals surface area (Å²) in [6, 6.07) is 0. The third-order valence-electron chi connectivity index (χ3n) is 2.85. The maximum atomic E-state index is 10.8. The van der Waals surface area contributed by atoms with E-state index in [2.05, 4.69) is 6.58 Å². The number of fused-ring (bicyclic) bond motifs is 2. The Balaban J connectivity index is 1.74. The molecule has 3 rings (SSSR count). The van der Waals surface area contributed by atoms with Crippen LogP contribution in [0.25, 0.3) is 0 Å². The minimum atomic E-state index is -0.332. The van der Waals surface area contributed by atoms with Crippen LogP contribution in [0.4, 0.5) is 0 Å². The Labute approximate surface area is 77.7 Å². The fraction of sp³-hybridized carbons (Fsp3) is 0.700. The lowest BCUT2D eigenvalue weighted by Crippen LogP contribution is -2.49. The topological polar surface area (TPSA) is 35.5 Å². The number of rotatable bonds is 3. The molecule has 2 bridgehead atoms. The number of carbonyl (C=O) groups is 1. The fourth-order valence-electron chi connectivity index (χ4n) is 2.01. The predicted molar refractivity (Wildman–Crippen MR) is 47.2 cm³/mol. The summed E-state index contributed by atoms with van der Waals surface area (Å²) in [5.41, 5.74) is 0. The van der Waals surface area contributed by atoms with Crippen molar-refractivity contribution < 1.29 is 14.3 Å². The smallest absolute Gasteiger partial charge is 0.330 e. The number of esters is 1. The SMILES string of the molecule is C=CC(=O)OCC1CCC2CC1O2. The summed E-state index contributed by atoms with van der Waals surface area (Å²) in [4.78, 5) is 10.8. The van der Waals surface area contributed by atoms with E-state index in [0.29, 0.717) is 24.7 Å². The van der Waals surface area contributed by atoms with Crippen molar-refractivity contribution >= 4 is 5.97 Å². The molecule has 0 aromatic rings. The highest BCUT2D eigenvalue weighted by atomic mass is 16.5. The van der Waals surface area contributed by atoms with Gasteiger partial charge in [0, 0.05) is 18.4 Å². The summed E-state index contributed by atoms with van der Waals surface area (Å²) in [5.74, 6) is 0.0790. The van der Waals surface area contributed by atoms with Crippen molar-refractivity contribution in [2.45, 2.75) is 31.5 Å². The van der Waals surface area contributed by atoms with Crippen LogP contribution < -0.4 is 0 Å². The van der Waals surface area contributed by atoms with E-state index in [9.17, 15) is 4.79 Å². The molecular formula is C10H14O3. The van der Waals surface area contributed by atoms with E-state index < -0.39 is 0 Å². The Kier molecular flexibility index (Phi) is 2.36. The second-order valence-corrected chi connectivity index (χ2v) is 3.70. The van der Waals surface area contributed by atoms with Gasteiger partial charge in [0.15, 0.2) is 0 Å². The maximum Gasteiger partial charge on any atom is 0.330 e. The van der Waals surface area contributed by atoms with E-state index in [1.807, 2.05) is 0 Å². The van der Waals surface area contributed by atoms with Gasteiger partial charge in [-0.25, -0.2) is 4.79 Å². The molecule has 3 aliphatic rings. The predicted octanol–water partition coefficient (Wildman–Crippen LogP) is 1.28. The first-order chi connectivity index (χ1) is 6.29. The average Bonchev–Trinajstić information content (AvgIpc) is 2.13. The van der Waals surface area contributed by atoms with Gasteiger partial charge in [0.05, 0.1) is 18.8 Å². The molecule has 3 atom stereocenters. The lowest BCUT2D eigenvalue weighted by Gasteiger charge is -2.46. The number of ether oxygens (including phenoxy) is 2. The fourth-order valence-corrected chi connectivity index (χ4v) is 2.01. The number of carbonyl (C=O) groups excluding carboxylic acids is 1. The summed E-state index contributed by atoms with van der Waals surface area (Å²) in [5, 5.41) is 0. The highest BCUT2D eigenvalue weighted by Crippen LogP contribution is 2.38. The highest BCUT2D eigenvalue weighted by Gasteiger charge is 2.41. The third kappa shape index (κ3) is 1.75. The Morgan fingerprint density at radius 2 is 2.38 bits per heavy atom. The van der Waals surface area contributed by atoms with Crippen LogP contribution in [0, 0.1) is 5.92 Å². The van der Waals surface area contributed by atoms with Crippen molar-refractivity contribution in [3.8, 4) is 0 Å². The molecule has 1 saturated carbocycles. The Hall–Kier alpha value is -0.830. The first-order valence-electron chi connectivity index (χ1n) is 4.74. The summed E-state index contributed by atoms with van der Waals surface area (Å²) >= 11 is 0. The van der Waals surface area contributed by atoms with Crippen molar-refractivity contribution in [2.75, 3.05) is 6.61 Å². The molecule has 3 nitrogen and oxygen atoms in total. The zero-order valence-electron chi connectivity index (χ0n) is 7.57. The standard InChI is InChI=1S/C10H14O3/c1-2-10(11)12-6-7-3-4-8-5-9(7)13-8/h2,7-9H,1,3-6H2. The minimum Gasteiger partial charge on any atom is -0.462 e. The van der Waals surface area contributed by atoms with Gasteiger partial charge < -0.3 is 9.47 Å². The maximum absolute atomic E-state index is 10.8. The van der Waals surface area contributed by atoms with E-state index >= 15 is 0 Å². The molecule has 1 aliphatic carbocycles. The van der Waals surface area contributed by atoms with Gasteiger partial charge in [-0.2, -0.15) is 0 Å². The van der Waals surface area contributed by atoms with Crippen molar-refractivity contribution in [3.05, 3.63) is 12.7 Å². The first kappa shape index (κ1) is 8.75. The first-order valence-corrected chi connectivity index (χ1v) is 4.74. The summed E-state index contributed by atoms with van der Waals surface area (Å²) in [7, 11) is 0. The van der Waals surface area contributed by atoms with Crippen molar-refractivity contribution in [2.24, 2.45) is 5.92 Å². The zero-order valence-corrected chi connectivity index (χ0v) is 7.57. The lowest BCUT2D eigenvalue weighted by atomic mass is 9.80. The van der Waals surface area contributed by atoms with Crippen LogP contribution in [0.15, 0.2) is 12.7 Å². The second kappa shape index (κ2) is 3.50. The molecule has 13 heavy (non-hydrogen) atoms. The molecule has 2 heterocycles. The van der Waals surface area contributed by atoms with Gasteiger partial charge in [0.1, 0.15) is 0 Å². The quantitative estimate of drug-likeness (QED) is 0.487. The molecule has 0 aromatic carbocycles. The van der Waals surface area contributed by atoms with E-state index in [0.717, 1.165) is 19.3 Å². The molecule has 3 unspecified atom stereocenters. The molecule has 3 heteroatoms. The normalized spacial score (nSPS) is 36.2. The lowest BCUT2D eigenvalue weighted by molar-refractivity contribution is -0.195. The van der Waals surface area contributed by atoms with E-state index in [-0.39, 0.29) is 5.97 Å². The molecule has 0 aromatic heterocycles. The molecular weight excluding hydrogens is 168 g/mol. The molecule has 3 fully saturated rings. The van der Waals surface area contributed by atoms with Crippen LogP contribution in [0.5, 0.6) is 0 Å². The van der Waals surface area contributed by atoms with Gasteiger partial charge in [0.25, 0.3) is 0 Å². The molecule has 2 aliphatic heterocycles. The molecule has 0 amide bonds. The monoisotopic (exact) mass is 182 g/mol. The molecule has 0 radical (unpaired) electrons. The molecule has 72 valence electrons. The molecule has 2 saturated heterocycles. The van der Waals surface area contributed by atoms with Crippen LogP contribution in [0.1, 0.15) is 19.3 Å². The second-order valence-electron chi connectivity index (χ2n) is 3.70. The van der Waals surface area contributed by atoms with Gasteiger partial charge >= 0.3 is 5.97 Å². The largest absolute Gasteiger partial charge is 0.462 e. The van der Waals surface area contributed by atoms with Gasteiger partial charge in [-0.3, -0.25) is 0 Å². The third-order valence-corrected chi connectivity index (χ3v) is 2.85. The Bertz CT molecular complexity index is 215. The van der Waals surface area contributed by atoms with Crippen LogP contribution >= 0.6 is 0 Å². The highest BCUT2D eigenvalue weighted by molar-refractivity contribution is 5.81. The summed E-state index contributed by atoms with van der Waals surface area (Å²) < 4.78 is 10.5. The van der Waals surface area contributed by atoms with Gasteiger partial charge in [-0.1, -0.05) is 6.58 Å². The summed E-state index contributed by atoms with van der Waals surface area (Å²) in [6.07, 6.45) is 5.43. The van der Waals surface area contributed by atoms with E-state index in [4.69, 9.17) is 9.47 Å². The van der Waals surface area contributed by atoms with Crippen LogP contribution in [-0.2, 0) is 14.3 Å². The van der Waals surface area contributed by atoms with Gasteiger partial charge in [-0.05, 0) is 12.8 Å². The van der Waals surface area contributed by atoms with E-state index in [1.165, 1.54) is 6.08 Å². The van der Waals surface area contributed by atoms with Crippen LogP contribution in [-0.4, -0.2) is 24.8 Å². The van der Waals surface area contributed by atoms with Crippen molar-refractivity contribution in [1.29, 1.82) is 0 Å². The van der Waals surface area contributed by atoms with Crippen molar-refractivity contribution in [3.63, 3.8) is 0 Å². The van der Waals surface area contributed by atoms with Crippen molar-refractivity contribution in [1.82, 2.24) is 0 Å². The van der Waals surface area contributed by atoms with Crippen LogP contribution in [0.3, 0.4) is 0 Å². The zero-order chi connectivity index (χ0) is 9.26. The minimum absolute atomic E-state index is 0.332. The number of hydrogen-bond acceptors (Lipinski definition) is 3. The summed E-state index contributed by atoms with van der Waals surface area (Å²) in [6.45, 7) is 3.84. The number of hydrogen-bond donors (Lipinski definition) is 0. The average molecular weight is 182 g/mol. The van der Waals surface area contributed by atoms with Gasteiger partial charge in [0.2, 0.25) is 0 Å². The Morgan fingerprint density at radius 3 is 2.92 bits per heavy atom. The molecule has 0 N–H and O–H groups in total. The van der Waals surface area contributed by atoms with Crippen LogP contribution in [0.2, 0.25) is 0 Å². The Morgan fingerprint density at radius 1 is 1.62 bits per heavy atom. The van der Waals surface area contributed by atoms with E-state index in [1.54, 1.807) is 0 Å². The van der Waals surface area contributed by atoms with Gasteiger partial charge in [-0.15, -0.1) is 0 Å².